The summed E-state index contributed by atoms with van der Waals surface area (Å²) in [4.78, 5) is 43.9. The number of aliphatic hydroxyl groups excluding tert-OH is 1. The average molecular weight is 554 g/mol. The van der Waals surface area contributed by atoms with Crippen LogP contribution in [0.4, 0.5) is 5.69 Å². The van der Waals surface area contributed by atoms with Crippen molar-refractivity contribution in [1.82, 2.24) is 10.6 Å². The van der Waals surface area contributed by atoms with Gasteiger partial charge in [-0.3, -0.25) is 9.59 Å². The monoisotopic (exact) mass is 553 g/mol. The predicted octanol–water partition coefficient (Wildman–Crippen LogP) is 4.29. The summed E-state index contributed by atoms with van der Waals surface area (Å²) in [5, 5.41) is 26.5. The minimum absolute atomic E-state index is 0.00369. The molecule has 2 aromatic heterocycles. The number of aliphatic imine (C=N–C) groups is 1. The number of aliphatic carboxylic acids is 1. The van der Waals surface area contributed by atoms with Gasteiger partial charge in [-0.1, -0.05) is 18.2 Å². The van der Waals surface area contributed by atoms with Crippen LogP contribution in [0.1, 0.15) is 58.1 Å². The normalized spacial score (nSPS) is 18.2. The Balaban J connectivity index is 1.16. The number of nitrogens with zero attached hydrogens (tertiary/aromatic N) is 1. The number of nitrogens with one attached hydrogen (secondary N) is 2. The van der Waals surface area contributed by atoms with Crippen LogP contribution in [0, 0.1) is 5.92 Å². The molecule has 0 aliphatic carbocycles. The first-order valence-electron chi connectivity index (χ1n) is 13.0. The summed E-state index contributed by atoms with van der Waals surface area (Å²) in [6.45, 7) is 1.90. The molecule has 10 heteroatoms. The molecule has 200 valence electrons. The van der Waals surface area contributed by atoms with E-state index >= 15 is 0 Å². The summed E-state index contributed by atoms with van der Waals surface area (Å²) in [6, 6.07) is 9.96. The second kappa shape index (κ2) is 11.9. The van der Waals surface area contributed by atoms with Crippen molar-refractivity contribution in [3.05, 3.63) is 51.7 Å². The molecule has 4 heterocycles. The van der Waals surface area contributed by atoms with Crippen LogP contribution in [0.2, 0.25) is 0 Å². The fourth-order valence-electron chi connectivity index (χ4n) is 5.19. The molecule has 0 radical (unpaired) electrons. The van der Waals surface area contributed by atoms with Gasteiger partial charge in [0.05, 0.1) is 27.1 Å². The number of carbonyl (C=O) groups is 3. The molecule has 2 atom stereocenters. The molecule has 1 amide bonds. The molecular weight excluding hydrogens is 522 g/mol. The van der Waals surface area contributed by atoms with Gasteiger partial charge in [0.2, 0.25) is 0 Å². The molecule has 38 heavy (non-hydrogen) atoms. The first-order valence-corrected chi connectivity index (χ1v) is 14.6. The van der Waals surface area contributed by atoms with E-state index in [1.165, 1.54) is 35.5 Å². The Morgan fingerprint density at radius 2 is 1.92 bits per heavy atom. The number of Topliss-reactive ketones (excluding diaryl/α,β-unsaturated/α-hetero) is 1. The highest BCUT2D eigenvalue weighted by atomic mass is 32.2. The average Bonchev–Trinajstić information content (AvgIpc) is 3.61. The molecule has 5 rings (SSSR count). The summed E-state index contributed by atoms with van der Waals surface area (Å²) in [5.74, 6) is -1.82. The van der Waals surface area contributed by atoms with E-state index in [4.69, 9.17) is 0 Å². The second-order valence-electron chi connectivity index (χ2n) is 9.92. The summed E-state index contributed by atoms with van der Waals surface area (Å²) < 4.78 is 1.12. The van der Waals surface area contributed by atoms with Crippen molar-refractivity contribution in [3.8, 4) is 0 Å². The second-order valence-corrected chi connectivity index (χ2v) is 12.4. The van der Waals surface area contributed by atoms with Crippen molar-refractivity contribution in [1.29, 1.82) is 0 Å². The van der Waals surface area contributed by atoms with Crippen LogP contribution in [0.3, 0.4) is 0 Å². The van der Waals surface area contributed by atoms with Gasteiger partial charge in [-0.25, -0.2) is 9.79 Å². The van der Waals surface area contributed by atoms with Crippen LogP contribution in [-0.4, -0.2) is 59.3 Å². The zero-order valence-electron chi connectivity index (χ0n) is 20.9. The maximum Gasteiger partial charge on any atom is 0.326 e. The van der Waals surface area contributed by atoms with E-state index in [1.807, 2.05) is 6.07 Å². The van der Waals surface area contributed by atoms with Crippen molar-refractivity contribution in [2.75, 3.05) is 19.7 Å². The Hall–Kier alpha value is -2.92. The summed E-state index contributed by atoms with van der Waals surface area (Å²) in [6.07, 6.45) is 4.70. The van der Waals surface area contributed by atoms with Crippen LogP contribution >= 0.6 is 22.7 Å². The van der Waals surface area contributed by atoms with E-state index in [2.05, 4.69) is 21.7 Å². The maximum absolute atomic E-state index is 12.9. The maximum atomic E-state index is 12.9. The first-order chi connectivity index (χ1) is 18.4. The number of carboxylic acid groups (broad SMARTS) is 1. The van der Waals surface area contributed by atoms with Gasteiger partial charge in [0.25, 0.3) is 5.91 Å². The van der Waals surface area contributed by atoms with Gasteiger partial charge in [-0.2, -0.15) is 0 Å². The van der Waals surface area contributed by atoms with Crippen LogP contribution in [0.15, 0.2) is 41.4 Å². The topological polar surface area (TPSA) is 128 Å². The van der Waals surface area contributed by atoms with Gasteiger partial charge in [0.1, 0.15) is 11.8 Å². The molecule has 4 N–H and O–H groups in total. The number of hydrogen-bond donors (Lipinski definition) is 4. The number of hydrogen-bond acceptors (Lipinski definition) is 8. The molecular formula is C28H31N3O5S2. The Morgan fingerprint density at radius 1 is 1.13 bits per heavy atom. The van der Waals surface area contributed by atoms with Gasteiger partial charge < -0.3 is 20.8 Å². The third kappa shape index (κ3) is 5.88. The van der Waals surface area contributed by atoms with Crippen molar-refractivity contribution in [3.63, 3.8) is 0 Å². The van der Waals surface area contributed by atoms with Crippen molar-refractivity contribution in [2.24, 2.45) is 10.9 Å². The van der Waals surface area contributed by atoms with E-state index in [9.17, 15) is 24.6 Å². The number of aliphatic hydroxyl groups is 1. The molecule has 0 spiro atoms. The molecule has 1 fully saturated rings. The largest absolute Gasteiger partial charge is 0.480 e. The van der Waals surface area contributed by atoms with Crippen LogP contribution < -0.4 is 10.6 Å². The molecule has 0 saturated carbocycles. The summed E-state index contributed by atoms with van der Waals surface area (Å²) in [7, 11) is 0. The van der Waals surface area contributed by atoms with Gasteiger partial charge in [0, 0.05) is 16.7 Å². The van der Waals surface area contributed by atoms with Gasteiger partial charge in [-0.15, -0.1) is 22.7 Å². The van der Waals surface area contributed by atoms with E-state index < -0.39 is 23.8 Å². The predicted molar refractivity (Wildman–Crippen MR) is 150 cm³/mol. The van der Waals surface area contributed by atoms with E-state index in [-0.39, 0.29) is 30.9 Å². The third-order valence-electron chi connectivity index (χ3n) is 7.36. The Kier molecular flexibility index (Phi) is 8.32. The molecule has 1 unspecified atom stereocenters. The minimum atomic E-state index is -1.24. The van der Waals surface area contributed by atoms with Gasteiger partial charge in [0.15, 0.2) is 5.78 Å². The highest BCUT2D eigenvalue weighted by Gasteiger charge is 2.33. The standard InChI is InChI=1S/C28H31N3O5S2/c32-15-20-19-3-1-2-4-21(19)30-25(20)26(34)31-22(27(35)36)7-8-23(33)24-14-17-13-18(37-28(17)38-24)6-5-16-9-11-29-12-10-16/h1-4,13-14,16,20,22,29,32H,5-12,15H2,(H,31,34)(H,35,36)/t20?,22-/m0/s1. The number of rotatable bonds is 11. The van der Waals surface area contributed by atoms with Crippen LogP contribution in [-0.2, 0) is 16.0 Å². The quantitative estimate of drug-likeness (QED) is 0.262. The molecule has 1 aromatic carbocycles. The number of carbonyl (C=O) groups excluding carboxylic acids is 2. The lowest BCUT2D eigenvalue weighted by Gasteiger charge is -2.22. The number of amides is 1. The smallest absolute Gasteiger partial charge is 0.326 e. The fraction of sp³-hybridized carbons (Fsp3) is 0.429. The summed E-state index contributed by atoms with van der Waals surface area (Å²) in [5.41, 5.74) is 1.40. The number of fused-ring (bicyclic) bond motifs is 2. The number of aryl methyl sites for hydroxylation is 1. The highest BCUT2D eigenvalue weighted by Crippen LogP contribution is 2.36. The van der Waals surface area contributed by atoms with E-state index in [0.29, 0.717) is 10.6 Å². The Morgan fingerprint density at radius 3 is 2.66 bits per heavy atom. The minimum Gasteiger partial charge on any atom is -0.480 e. The number of carboxylic acids is 1. The van der Waals surface area contributed by atoms with Gasteiger partial charge >= 0.3 is 5.97 Å². The number of para-hydroxylation sites is 1. The highest BCUT2D eigenvalue weighted by molar-refractivity contribution is 7.39. The summed E-state index contributed by atoms with van der Waals surface area (Å²) >= 11 is 3.19. The Labute approximate surface area is 228 Å². The van der Waals surface area contributed by atoms with Crippen molar-refractivity contribution < 1.29 is 24.6 Å². The van der Waals surface area contributed by atoms with Crippen LogP contribution in [0.25, 0.3) is 9.40 Å². The molecule has 2 aliphatic heterocycles. The van der Waals surface area contributed by atoms with E-state index in [1.54, 1.807) is 35.6 Å². The first kappa shape index (κ1) is 26.7. The SMILES string of the molecule is O=C(N[C@@H](CCC(=O)c1cc2cc(CCC3CCNCC3)sc2s1)C(=O)O)C1=Nc2ccccc2C1CO. The lowest BCUT2D eigenvalue weighted by atomic mass is 9.93. The van der Waals surface area contributed by atoms with Crippen LogP contribution in [0.5, 0.6) is 0 Å². The number of piperidine rings is 1. The van der Waals surface area contributed by atoms with E-state index in [0.717, 1.165) is 40.4 Å². The number of thiophene rings is 2. The van der Waals surface area contributed by atoms with Crippen molar-refractivity contribution in [2.45, 2.75) is 50.5 Å². The molecule has 1 saturated heterocycles. The molecule has 3 aromatic rings. The zero-order valence-corrected chi connectivity index (χ0v) is 22.6. The number of ketones is 1. The van der Waals surface area contributed by atoms with Gasteiger partial charge in [-0.05, 0) is 74.9 Å². The molecule has 8 nitrogen and oxygen atoms in total. The third-order valence-corrected chi connectivity index (χ3v) is 9.85. The molecule has 0 bridgehead atoms. The fourth-order valence-corrected chi connectivity index (χ4v) is 7.66. The van der Waals surface area contributed by atoms with Crippen molar-refractivity contribution >= 4 is 61.1 Å². The Bertz CT molecular complexity index is 1340. The zero-order chi connectivity index (χ0) is 26.6. The molecule has 2 aliphatic rings. The lowest BCUT2D eigenvalue weighted by Crippen LogP contribution is -2.45. The lowest BCUT2D eigenvalue weighted by molar-refractivity contribution is -0.141. The number of benzene rings is 1.